The van der Waals surface area contributed by atoms with Gasteiger partial charge in [-0.1, -0.05) is 6.07 Å². The second kappa shape index (κ2) is 7.24. The summed E-state index contributed by atoms with van der Waals surface area (Å²) < 4.78 is 5.00. The second-order valence-electron chi connectivity index (χ2n) is 3.60. The highest BCUT2D eigenvalue weighted by molar-refractivity contribution is 7.09. The lowest BCUT2D eigenvalue weighted by molar-refractivity contribution is 0.179. The molecule has 0 fully saturated rings. The van der Waals surface area contributed by atoms with Gasteiger partial charge in [-0.05, 0) is 18.4 Å². The third kappa shape index (κ3) is 5.14. The largest absolute Gasteiger partial charge is 0.383 e. The molecular formula is C11H19N3OS. The normalized spacial score (nSPS) is 13.8. The number of nitrogens with two attached hydrogens (primary N) is 1. The predicted octanol–water partition coefficient (Wildman–Crippen LogP) is 1.23. The van der Waals surface area contributed by atoms with Gasteiger partial charge in [-0.15, -0.1) is 11.3 Å². The summed E-state index contributed by atoms with van der Waals surface area (Å²) in [7, 11) is 1.67. The fraction of sp³-hybridized carbons (Fsp3) is 0.545. The summed E-state index contributed by atoms with van der Waals surface area (Å²) in [6, 6.07) is 4.35. The molecule has 5 heteroatoms. The third-order valence-corrected chi connectivity index (χ3v) is 2.97. The molecule has 1 rings (SSSR count). The van der Waals surface area contributed by atoms with Gasteiger partial charge >= 0.3 is 0 Å². The highest BCUT2D eigenvalue weighted by Gasteiger charge is 2.01. The van der Waals surface area contributed by atoms with Gasteiger partial charge in [0.1, 0.15) is 0 Å². The first kappa shape index (κ1) is 13.0. The van der Waals surface area contributed by atoms with Crippen molar-refractivity contribution >= 4 is 17.3 Å². The maximum absolute atomic E-state index is 5.73. The Kier molecular flexibility index (Phi) is 5.88. The summed E-state index contributed by atoms with van der Waals surface area (Å²) in [5.41, 5.74) is 5.73. The quantitative estimate of drug-likeness (QED) is 0.582. The molecule has 1 aromatic rings. The van der Waals surface area contributed by atoms with E-state index in [1.54, 1.807) is 18.4 Å². The van der Waals surface area contributed by atoms with E-state index in [4.69, 9.17) is 10.5 Å². The second-order valence-corrected chi connectivity index (χ2v) is 4.63. The molecule has 1 aromatic heterocycles. The third-order valence-electron chi connectivity index (χ3n) is 2.03. The number of nitrogens with zero attached hydrogens (tertiary/aromatic N) is 1. The summed E-state index contributed by atoms with van der Waals surface area (Å²) in [5.74, 6) is 0.487. The molecule has 0 unspecified atom stereocenters. The van der Waals surface area contributed by atoms with Gasteiger partial charge in [-0.2, -0.15) is 0 Å². The molecule has 16 heavy (non-hydrogen) atoms. The van der Waals surface area contributed by atoms with E-state index in [-0.39, 0.29) is 6.04 Å². The van der Waals surface area contributed by atoms with Crippen molar-refractivity contribution in [1.29, 1.82) is 0 Å². The fourth-order valence-corrected chi connectivity index (χ4v) is 2.03. The Bertz CT molecular complexity index is 311. The van der Waals surface area contributed by atoms with Crippen LogP contribution in [0.25, 0.3) is 0 Å². The van der Waals surface area contributed by atoms with Crippen LogP contribution in [0.1, 0.15) is 11.8 Å². The first-order chi connectivity index (χ1) is 7.72. The standard InChI is InChI=1S/C11H19N3OS/c1-9(8-15-2)14-11(12)13-6-5-10-4-3-7-16-10/h3-4,7,9H,5-6,8H2,1-2H3,(H3,12,13,14)/t9-/m1/s1. The lowest BCUT2D eigenvalue weighted by Gasteiger charge is -2.12. The van der Waals surface area contributed by atoms with Crippen molar-refractivity contribution in [3.05, 3.63) is 22.4 Å². The Morgan fingerprint density at radius 2 is 2.50 bits per heavy atom. The number of rotatable bonds is 6. The van der Waals surface area contributed by atoms with Crippen LogP contribution in [0.15, 0.2) is 22.5 Å². The molecule has 4 nitrogen and oxygen atoms in total. The molecule has 0 aliphatic carbocycles. The minimum atomic E-state index is 0.190. The number of hydrogen-bond donors (Lipinski definition) is 2. The molecule has 1 atom stereocenters. The minimum Gasteiger partial charge on any atom is -0.383 e. The Morgan fingerprint density at radius 3 is 3.12 bits per heavy atom. The number of guanidine groups is 1. The molecule has 0 amide bonds. The predicted molar refractivity (Wildman–Crippen MR) is 69.0 cm³/mol. The van der Waals surface area contributed by atoms with Crippen LogP contribution < -0.4 is 11.1 Å². The molecule has 0 aliphatic rings. The number of thiophene rings is 1. The van der Waals surface area contributed by atoms with Gasteiger partial charge in [0, 0.05) is 31.0 Å². The number of aliphatic imine (C=N–C) groups is 1. The van der Waals surface area contributed by atoms with Crippen LogP contribution in [0.3, 0.4) is 0 Å². The van der Waals surface area contributed by atoms with E-state index in [9.17, 15) is 0 Å². The van der Waals surface area contributed by atoms with Crippen LogP contribution in [-0.2, 0) is 11.2 Å². The number of hydrogen-bond acceptors (Lipinski definition) is 3. The zero-order valence-corrected chi connectivity index (χ0v) is 10.6. The Balaban J connectivity index is 2.23. The monoisotopic (exact) mass is 241 g/mol. The van der Waals surface area contributed by atoms with Crippen LogP contribution in [-0.4, -0.2) is 32.3 Å². The van der Waals surface area contributed by atoms with Crippen molar-refractivity contribution in [2.75, 3.05) is 20.3 Å². The summed E-state index contributed by atoms with van der Waals surface area (Å²) in [6.45, 7) is 3.35. The summed E-state index contributed by atoms with van der Waals surface area (Å²) in [4.78, 5) is 5.59. The van der Waals surface area contributed by atoms with Crippen LogP contribution in [0.2, 0.25) is 0 Å². The first-order valence-electron chi connectivity index (χ1n) is 5.30. The number of methoxy groups -OCH3 is 1. The van der Waals surface area contributed by atoms with Gasteiger partial charge < -0.3 is 15.8 Å². The van der Waals surface area contributed by atoms with Gasteiger partial charge in [0.15, 0.2) is 5.96 Å². The minimum absolute atomic E-state index is 0.190. The molecule has 0 saturated heterocycles. The molecule has 0 bridgehead atoms. The molecule has 90 valence electrons. The highest BCUT2D eigenvalue weighted by Crippen LogP contribution is 2.08. The highest BCUT2D eigenvalue weighted by atomic mass is 32.1. The zero-order chi connectivity index (χ0) is 11.8. The average Bonchev–Trinajstić information content (AvgIpc) is 2.70. The maximum Gasteiger partial charge on any atom is 0.188 e. The van der Waals surface area contributed by atoms with E-state index in [1.165, 1.54) is 4.88 Å². The van der Waals surface area contributed by atoms with Crippen molar-refractivity contribution in [3.8, 4) is 0 Å². The van der Waals surface area contributed by atoms with Crippen molar-refractivity contribution < 1.29 is 4.74 Å². The molecular weight excluding hydrogens is 222 g/mol. The van der Waals surface area contributed by atoms with E-state index in [0.717, 1.165) is 13.0 Å². The smallest absolute Gasteiger partial charge is 0.188 e. The Hall–Kier alpha value is -1.07. The van der Waals surface area contributed by atoms with Crippen LogP contribution in [0.4, 0.5) is 0 Å². The number of ether oxygens (including phenoxy) is 1. The topological polar surface area (TPSA) is 59.6 Å². The molecule has 0 saturated carbocycles. The molecule has 3 N–H and O–H groups in total. The van der Waals surface area contributed by atoms with E-state index >= 15 is 0 Å². The van der Waals surface area contributed by atoms with Crippen molar-refractivity contribution in [1.82, 2.24) is 5.32 Å². The lowest BCUT2D eigenvalue weighted by Crippen LogP contribution is -2.40. The maximum atomic E-state index is 5.73. The Labute approximate surface area is 101 Å². The summed E-state index contributed by atoms with van der Waals surface area (Å²) in [5, 5.41) is 5.14. The van der Waals surface area contributed by atoms with Crippen LogP contribution in [0, 0.1) is 0 Å². The number of nitrogens with one attached hydrogen (secondary N) is 1. The van der Waals surface area contributed by atoms with Crippen molar-refractivity contribution in [2.45, 2.75) is 19.4 Å². The molecule has 0 aromatic carbocycles. The van der Waals surface area contributed by atoms with E-state index in [0.29, 0.717) is 12.6 Å². The molecule has 1 heterocycles. The molecule has 0 aliphatic heterocycles. The average molecular weight is 241 g/mol. The van der Waals surface area contributed by atoms with Gasteiger partial charge in [0.25, 0.3) is 0 Å². The Morgan fingerprint density at radius 1 is 1.69 bits per heavy atom. The van der Waals surface area contributed by atoms with Gasteiger partial charge in [0.2, 0.25) is 0 Å². The van der Waals surface area contributed by atoms with E-state index in [1.807, 2.05) is 13.0 Å². The summed E-state index contributed by atoms with van der Waals surface area (Å²) >= 11 is 1.75. The molecule has 0 spiro atoms. The van der Waals surface area contributed by atoms with Crippen molar-refractivity contribution in [2.24, 2.45) is 10.7 Å². The van der Waals surface area contributed by atoms with Crippen LogP contribution in [0.5, 0.6) is 0 Å². The first-order valence-corrected chi connectivity index (χ1v) is 6.18. The lowest BCUT2D eigenvalue weighted by atomic mass is 10.3. The van der Waals surface area contributed by atoms with E-state index in [2.05, 4.69) is 21.8 Å². The fourth-order valence-electron chi connectivity index (χ4n) is 1.33. The SMILES string of the molecule is COC[C@@H](C)NC(N)=NCCc1cccs1. The van der Waals surface area contributed by atoms with E-state index < -0.39 is 0 Å². The van der Waals surface area contributed by atoms with Gasteiger partial charge in [-0.3, -0.25) is 4.99 Å². The van der Waals surface area contributed by atoms with Crippen LogP contribution >= 0.6 is 11.3 Å². The van der Waals surface area contributed by atoms with Crippen molar-refractivity contribution in [3.63, 3.8) is 0 Å². The summed E-state index contributed by atoms with van der Waals surface area (Å²) in [6.07, 6.45) is 0.943. The van der Waals surface area contributed by atoms with Gasteiger partial charge in [0.05, 0.1) is 6.61 Å². The molecule has 0 radical (unpaired) electrons. The van der Waals surface area contributed by atoms with Gasteiger partial charge in [-0.25, -0.2) is 0 Å². The zero-order valence-electron chi connectivity index (χ0n) is 9.77.